The average molecular weight is 464 g/mol. The lowest BCUT2D eigenvalue weighted by Crippen LogP contribution is -2.28. The van der Waals surface area contributed by atoms with Crippen LogP contribution in [0.25, 0.3) is 11.0 Å². The van der Waals surface area contributed by atoms with Crippen molar-refractivity contribution < 1.29 is 27.5 Å². The second kappa shape index (κ2) is 10.2. The summed E-state index contributed by atoms with van der Waals surface area (Å²) in [4.78, 5) is 24.9. The Morgan fingerprint density at radius 3 is 2.35 bits per heavy atom. The summed E-state index contributed by atoms with van der Waals surface area (Å²) < 4.78 is 34.4. The number of amides is 2. The standard InChI is InChI=1S/C26H22F2N2O4/c1-16(18-8-12-21(13-9-18)33-26(27)28)29-24(31)14-17-6-10-20(11-7-17)30-25(32)23-15-19-4-2-3-5-22(19)34-23/h2-13,15-16,26H,14H2,1H3,(H,29,31)(H,30,32). The lowest BCUT2D eigenvalue weighted by atomic mass is 10.1. The third kappa shape index (κ3) is 5.78. The summed E-state index contributed by atoms with van der Waals surface area (Å²) in [5, 5.41) is 6.50. The van der Waals surface area contributed by atoms with E-state index >= 15 is 0 Å². The second-order valence-corrected chi connectivity index (χ2v) is 7.71. The Balaban J connectivity index is 1.30. The van der Waals surface area contributed by atoms with E-state index in [0.717, 1.165) is 16.5 Å². The molecule has 1 heterocycles. The number of para-hydroxylation sites is 1. The number of ether oxygens (including phenoxy) is 1. The van der Waals surface area contributed by atoms with Crippen molar-refractivity contribution in [2.75, 3.05) is 5.32 Å². The summed E-state index contributed by atoms with van der Waals surface area (Å²) in [7, 11) is 0. The predicted molar refractivity (Wildman–Crippen MR) is 124 cm³/mol. The molecule has 8 heteroatoms. The number of carbonyl (C=O) groups is 2. The van der Waals surface area contributed by atoms with Crippen molar-refractivity contribution in [2.24, 2.45) is 0 Å². The summed E-state index contributed by atoms with van der Waals surface area (Å²) in [5.74, 6) is -0.280. The molecule has 1 aromatic heterocycles. The van der Waals surface area contributed by atoms with Gasteiger partial charge in [0.1, 0.15) is 11.3 Å². The largest absolute Gasteiger partial charge is 0.451 e. The molecule has 0 fully saturated rings. The van der Waals surface area contributed by atoms with Crippen LogP contribution in [0.5, 0.6) is 5.75 Å². The number of hydrogen-bond donors (Lipinski definition) is 2. The lowest BCUT2D eigenvalue weighted by Gasteiger charge is -2.15. The minimum Gasteiger partial charge on any atom is -0.451 e. The van der Waals surface area contributed by atoms with Gasteiger partial charge < -0.3 is 19.8 Å². The van der Waals surface area contributed by atoms with E-state index in [0.29, 0.717) is 11.3 Å². The van der Waals surface area contributed by atoms with Crippen molar-refractivity contribution in [3.8, 4) is 5.75 Å². The van der Waals surface area contributed by atoms with Crippen molar-refractivity contribution in [3.63, 3.8) is 0 Å². The zero-order valence-electron chi connectivity index (χ0n) is 18.3. The molecule has 3 aromatic carbocycles. The third-order valence-corrected chi connectivity index (χ3v) is 5.21. The molecule has 4 rings (SSSR count). The third-order valence-electron chi connectivity index (χ3n) is 5.21. The van der Waals surface area contributed by atoms with Gasteiger partial charge in [-0.2, -0.15) is 8.78 Å². The van der Waals surface area contributed by atoms with E-state index in [1.165, 1.54) is 12.1 Å². The average Bonchev–Trinajstić information content (AvgIpc) is 3.25. The Labute approximate surface area is 194 Å². The highest BCUT2D eigenvalue weighted by atomic mass is 19.3. The van der Waals surface area contributed by atoms with E-state index in [4.69, 9.17) is 4.42 Å². The fraction of sp³-hybridized carbons (Fsp3) is 0.154. The van der Waals surface area contributed by atoms with Crippen LogP contribution in [0.3, 0.4) is 0 Å². The molecule has 0 radical (unpaired) electrons. The van der Waals surface area contributed by atoms with Gasteiger partial charge in [0, 0.05) is 11.1 Å². The van der Waals surface area contributed by atoms with Crippen molar-refractivity contribution in [2.45, 2.75) is 26.0 Å². The molecule has 174 valence electrons. The van der Waals surface area contributed by atoms with Crippen molar-refractivity contribution in [3.05, 3.63) is 95.7 Å². The van der Waals surface area contributed by atoms with Crippen LogP contribution in [0, 0.1) is 0 Å². The van der Waals surface area contributed by atoms with Crippen molar-refractivity contribution >= 4 is 28.5 Å². The summed E-state index contributed by atoms with van der Waals surface area (Å²) >= 11 is 0. The highest BCUT2D eigenvalue weighted by Crippen LogP contribution is 2.21. The Bertz CT molecular complexity index is 1250. The van der Waals surface area contributed by atoms with Crippen LogP contribution in [0.2, 0.25) is 0 Å². The number of halogens is 2. The van der Waals surface area contributed by atoms with Gasteiger partial charge in [0.05, 0.1) is 12.5 Å². The zero-order valence-corrected chi connectivity index (χ0v) is 18.3. The van der Waals surface area contributed by atoms with Crippen molar-refractivity contribution in [1.82, 2.24) is 5.32 Å². The first-order chi connectivity index (χ1) is 16.4. The number of benzene rings is 3. The number of rotatable bonds is 8. The van der Waals surface area contributed by atoms with Crippen LogP contribution >= 0.6 is 0 Å². The summed E-state index contributed by atoms with van der Waals surface area (Å²) in [6.07, 6.45) is 0.148. The number of hydrogen-bond acceptors (Lipinski definition) is 4. The Morgan fingerprint density at radius 2 is 1.68 bits per heavy atom. The van der Waals surface area contributed by atoms with Gasteiger partial charge >= 0.3 is 6.61 Å². The van der Waals surface area contributed by atoms with Gasteiger partial charge in [-0.05, 0) is 54.4 Å². The van der Waals surface area contributed by atoms with Gasteiger partial charge in [-0.1, -0.05) is 42.5 Å². The van der Waals surface area contributed by atoms with E-state index in [1.807, 2.05) is 18.2 Å². The molecular formula is C26H22F2N2O4. The van der Waals surface area contributed by atoms with Crippen LogP contribution in [-0.4, -0.2) is 18.4 Å². The van der Waals surface area contributed by atoms with Crippen LogP contribution in [-0.2, 0) is 11.2 Å². The predicted octanol–water partition coefficient (Wildman–Crippen LogP) is 5.71. The molecule has 0 saturated carbocycles. The summed E-state index contributed by atoms with van der Waals surface area (Å²) in [6, 6.07) is 21.8. The van der Waals surface area contributed by atoms with Gasteiger partial charge in [-0.15, -0.1) is 0 Å². The zero-order chi connectivity index (χ0) is 24.1. The highest BCUT2D eigenvalue weighted by Gasteiger charge is 2.14. The number of alkyl halides is 2. The fourth-order valence-electron chi connectivity index (χ4n) is 3.49. The van der Waals surface area contributed by atoms with Gasteiger partial charge in [0.2, 0.25) is 5.91 Å². The monoisotopic (exact) mass is 464 g/mol. The quantitative estimate of drug-likeness (QED) is 0.350. The molecule has 0 saturated heterocycles. The molecule has 2 N–H and O–H groups in total. The first-order valence-electron chi connectivity index (χ1n) is 10.6. The maximum absolute atomic E-state index is 12.5. The SMILES string of the molecule is CC(NC(=O)Cc1ccc(NC(=O)c2cc3ccccc3o2)cc1)c1ccc(OC(F)F)cc1. The molecule has 34 heavy (non-hydrogen) atoms. The number of furan rings is 1. The Kier molecular flexibility index (Phi) is 6.87. The van der Waals surface area contributed by atoms with Gasteiger partial charge in [0.15, 0.2) is 5.76 Å². The molecule has 0 aliphatic heterocycles. The fourth-order valence-corrected chi connectivity index (χ4v) is 3.49. The number of carbonyl (C=O) groups excluding carboxylic acids is 2. The molecule has 4 aromatic rings. The maximum Gasteiger partial charge on any atom is 0.387 e. The van der Waals surface area contributed by atoms with E-state index in [-0.39, 0.29) is 35.8 Å². The first-order valence-corrected chi connectivity index (χ1v) is 10.6. The normalized spacial score (nSPS) is 11.9. The maximum atomic E-state index is 12.5. The smallest absolute Gasteiger partial charge is 0.387 e. The number of fused-ring (bicyclic) bond motifs is 1. The van der Waals surface area contributed by atoms with Crippen molar-refractivity contribution in [1.29, 1.82) is 0 Å². The molecule has 1 unspecified atom stereocenters. The van der Waals surface area contributed by atoms with E-state index in [1.54, 1.807) is 55.5 Å². The first kappa shape index (κ1) is 23.0. The Morgan fingerprint density at radius 1 is 0.971 bits per heavy atom. The van der Waals surface area contributed by atoms with E-state index < -0.39 is 6.61 Å². The molecule has 1 atom stereocenters. The summed E-state index contributed by atoms with van der Waals surface area (Å²) in [6.45, 7) is -1.08. The van der Waals surface area contributed by atoms with Crippen LogP contribution in [0.4, 0.5) is 14.5 Å². The molecule has 2 amide bonds. The molecule has 0 aliphatic carbocycles. The minimum atomic E-state index is -2.88. The van der Waals surface area contributed by atoms with Gasteiger partial charge in [-0.25, -0.2) is 0 Å². The van der Waals surface area contributed by atoms with Gasteiger partial charge in [0.25, 0.3) is 5.91 Å². The van der Waals surface area contributed by atoms with E-state index in [9.17, 15) is 18.4 Å². The van der Waals surface area contributed by atoms with E-state index in [2.05, 4.69) is 15.4 Å². The highest BCUT2D eigenvalue weighted by molar-refractivity contribution is 6.04. The second-order valence-electron chi connectivity index (χ2n) is 7.71. The van der Waals surface area contributed by atoms with Gasteiger partial charge in [-0.3, -0.25) is 9.59 Å². The molecular weight excluding hydrogens is 442 g/mol. The van der Waals surface area contributed by atoms with Crippen LogP contribution in [0.15, 0.2) is 83.3 Å². The number of nitrogens with one attached hydrogen (secondary N) is 2. The van der Waals surface area contributed by atoms with Crippen LogP contribution < -0.4 is 15.4 Å². The number of anilines is 1. The molecule has 0 bridgehead atoms. The molecule has 6 nitrogen and oxygen atoms in total. The molecule has 0 spiro atoms. The Hall–Kier alpha value is -4.20. The van der Waals surface area contributed by atoms with Crippen LogP contribution in [0.1, 0.15) is 34.6 Å². The summed E-state index contributed by atoms with van der Waals surface area (Å²) in [5.41, 5.74) is 2.75. The topological polar surface area (TPSA) is 80.6 Å². The molecule has 0 aliphatic rings. The minimum absolute atomic E-state index is 0.0600. The lowest BCUT2D eigenvalue weighted by molar-refractivity contribution is -0.121.